The molecule has 0 amide bonds. The highest BCUT2D eigenvalue weighted by Crippen LogP contribution is 2.31. The molecule has 0 aliphatic carbocycles. The van der Waals surface area contributed by atoms with Gasteiger partial charge in [0.15, 0.2) is 4.90 Å². The van der Waals surface area contributed by atoms with E-state index in [0.29, 0.717) is 5.75 Å². The molecule has 0 N–H and O–H groups in total. The number of nitro benzene ring substituents is 1. The molecule has 94 valence electrons. The molecule has 0 bridgehead atoms. The van der Waals surface area contributed by atoms with E-state index in [9.17, 15) is 18.5 Å². The lowest BCUT2D eigenvalue weighted by molar-refractivity contribution is -0.387. The van der Waals surface area contributed by atoms with Gasteiger partial charge in [0.1, 0.15) is 0 Å². The SMILES string of the molecule is CC(C)CSS(=O)(=O)c1ccccc1[N+](=O)[O-]. The number of hydrogen-bond donors (Lipinski definition) is 0. The van der Waals surface area contributed by atoms with Gasteiger partial charge in [-0.05, 0) is 22.8 Å². The molecule has 0 saturated carbocycles. The van der Waals surface area contributed by atoms with Crippen molar-refractivity contribution in [2.24, 2.45) is 5.92 Å². The van der Waals surface area contributed by atoms with Gasteiger partial charge in [-0.25, -0.2) is 8.42 Å². The smallest absolute Gasteiger partial charge is 0.258 e. The van der Waals surface area contributed by atoms with Gasteiger partial charge in [-0.1, -0.05) is 26.0 Å². The Balaban J connectivity index is 3.11. The van der Waals surface area contributed by atoms with E-state index in [-0.39, 0.29) is 16.5 Å². The van der Waals surface area contributed by atoms with Crippen molar-refractivity contribution in [3.8, 4) is 0 Å². The molecule has 0 fully saturated rings. The normalized spacial score (nSPS) is 11.7. The Morgan fingerprint density at radius 1 is 1.35 bits per heavy atom. The number of nitrogens with zero attached hydrogens (tertiary/aromatic N) is 1. The van der Waals surface area contributed by atoms with Gasteiger partial charge >= 0.3 is 0 Å². The fourth-order valence-electron chi connectivity index (χ4n) is 1.11. The Morgan fingerprint density at radius 2 is 1.94 bits per heavy atom. The minimum atomic E-state index is -3.66. The minimum absolute atomic E-state index is 0.206. The Hall–Kier alpha value is -1.08. The molecule has 0 aromatic heterocycles. The summed E-state index contributed by atoms with van der Waals surface area (Å²) in [5, 5.41) is 10.7. The van der Waals surface area contributed by atoms with Crippen molar-refractivity contribution in [2.75, 3.05) is 5.75 Å². The Labute approximate surface area is 104 Å². The number of benzene rings is 1. The molecule has 7 heteroatoms. The van der Waals surface area contributed by atoms with Crippen LogP contribution in [0.1, 0.15) is 13.8 Å². The van der Waals surface area contributed by atoms with Crippen LogP contribution in [0.25, 0.3) is 0 Å². The van der Waals surface area contributed by atoms with Crippen molar-refractivity contribution in [1.82, 2.24) is 0 Å². The summed E-state index contributed by atoms with van der Waals surface area (Å²) in [6, 6.07) is 5.39. The molecular formula is C10H13NO4S2. The van der Waals surface area contributed by atoms with Crippen molar-refractivity contribution < 1.29 is 13.3 Å². The standard InChI is InChI=1S/C10H13NO4S2/c1-8(2)7-16-17(14,15)10-6-4-3-5-9(10)11(12)13/h3-6,8H,7H2,1-2H3. The van der Waals surface area contributed by atoms with Crippen molar-refractivity contribution in [1.29, 1.82) is 0 Å². The van der Waals surface area contributed by atoms with E-state index in [4.69, 9.17) is 0 Å². The second-order valence-corrected chi connectivity index (χ2v) is 7.80. The Kier molecular flexibility index (Phi) is 4.53. The van der Waals surface area contributed by atoms with E-state index in [0.717, 1.165) is 10.8 Å². The molecule has 5 nitrogen and oxygen atoms in total. The predicted octanol–water partition coefficient (Wildman–Crippen LogP) is 2.67. The molecule has 0 heterocycles. The maximum absolute atomic E-state index is 11.9. The van der Waals surface area contributed by atoms with Crippen LogP contribution in [0.3, 0.4) is 0 Å². The summed E-state index contributed by atoms with van der Waals surface area (Å²) in [6.45, 7) is 3.78. The van der Waals surface area contributed by atoms with Crippen molar-refractivity contribution >= 4 is 25.4 Å². The molecule has 0 radical (unpaired) electrons. The van der Waals surface area contributed by atoms with Crippen LogP contribution in [0, 0.1) is 16.0 Å². The topological polar surface area (TPSA) is 77.3 Å². The van der Waals surface area contributed by atoms with E-state index in [1.165, 1.54) is 24.3 Å². The average Bonchev–Trinajstić information content (AvgIpc) is 2.26. The first-order valence-corrected chi connectivity index (χ1v) is 7.96. The summed E-state index contributed by atoms with van der Waals surface area (Å²) in [5.74, 6) is 0.617. The molecular weight excluding hydrogens is 262 g/mol. The van der Waals surface area contributed by atoms with Gasteiger partial charge in [0.2, 0.25) is 8.87 Å². The van der Waals surface area contributed by atoms with Crippen LogP contribution in [0.15, 0.2) is 29.2 Å². The second kappa shape index (κ2) is 5.50. The van der Waals surface area contributed by atoms with Crippen LogP contribution in [0.5, 0.6) is 0 Å². The van der Waals surface area contributed by atoms with Gasteiger partial charge in [-0.15, -0.1) is 0 Å². The highest BCUT2D eigenvalue weighted by molar-refractivity contribution is 8.72. The maximum Gasteiger partial charge on any atom is 0.288 e. The zero-order chi connectivity index (χ0) is 13.1. The lowest BCUT2D eigenvalue weighted by Gasteiger charge is -2.06. The molecule has 0 aliphatic rings. The van der Waals surface area contributed by atoms with Gasteiger partial charge in [-0.3, -0.25) is 10.1 Å². The van der Waals surface area contributed by atoms with Gasteiger partial charge in [0, 0.05) is 11.8 Å². The van der Waals surface area contributed by atoms with E-state index >= 15 is 0 Å². The third kappa shape index (κ3) is 3.71. The summed E-state index contributed by atoms with van der Waals surface area (Å²) in [4.78, 5) is 9.83. The zero-order valence-corrected chi connectivity index (χ0v) is 11.1. The molecule has 1 aromatic rings. The van der Waals surface area contributed by atoms with Gasteiger partial charge in [0.05, 0.1) is 4.92 Å². The van der Waals surface area contributed by atoms with Crippen LogP contribution in [0.4, 0.5) is 5.69 Å². The molecule has 0 aliphatic heterocycles. The van der Waals surface area contributed by atoms with E-state index < -0.39 is 13.8 Å². The van der Waals surface area contributed by atoms with Crippen LogP contribution < -0.4 is 0 Å². The largest absolute Gasteiger partial charge is 0.288 e. The molecule has 0 spiro atoms. The second-order valence-electron chi connectivity index (χ2n) is 3.86. The van der Waals surface area contributed by atoms with Crippen LogP contribution in [-0.2, 0) is 8.87 Å². The minimum Gasteiger partial charge on any atom is -0.258 e. The lowest BCUT2D eigenvalue weighted by atomic mass is 10.3. The molecule has 1 rings (SSSR count). The quantitative estimate of drug-likeness (QED) is 0.469. The first-order chi connectivity index (χ1) is 7.84. The Morgan fingerprint density at radius 3 is 2.47 bits per heavy atom. The number of nitro groups is 1. The zero-order valence-electron chi connectivity index (χ0n) is 9.49. The average molecular weight is 275 g/mol. The molecule has 0 unspecified atom stereocenters. The van der Waals surface area contributed by atoms with Gasteiger partial charge < -0.3 is 0 Å². The highest BCUT2D eigenvalue weighted by atomic mass is 33.1. The first-order valence-electron chi connectivity index (χ1n) is 4.97. The monoisotopic (exact) mass is 275 g/mol. The number of rotatable bonds is 5. The first kappa shape index (κ1) is 14.0. The Bertz CT molecular complexity index is 511. The fourth-order valence-corrected chi connectivity index (χ4v) is 4.49. The van der Waals surface area contributed by atoms with E-state index in [2.05, 4.69) is 0 Å². The summed E-state index contributed by atoms with van der Waals surface area (Å²) < 4.78 is 23.8. The summed E-state index contributed by atoms with van der Waals surface area (Å²) in [6.07, 6.45) is 0. The summed E-state index contributed by atoms with van der Waals surface area (Å²) in [5.41, 5.74) is -0.372. The van der Waals surface area contributed by atoms with Crippen molar-refractivity contribution in [2.45, 2.75) is 18.7 Å². The maximum atomic E-state index is 11.9. The van der Waals surface area contributed by atoms with Crippen LogP contribution in [0.2, 0.25) is 0 Å². The van der Waals surface area contributed by atoms with Crippen molar-refractivity contribution in [3.63, 3.8) is 0 Å². The van der Waals surface area contributed by atoms with Gasteiger partial charge in [-0.2, -0.15) is 0 Å². The predicted molar refractivity (Wildman–Crippen MR) is 67.6 cm³/mol. The van der Waals surface area contributed by atoms with Crippen molar-refractivity contribution in [3.05, 3.63) is 34.4 Å². The lowest BCUT2D eigenvalue weighted by Crippen LogP contribution is -2.03. The molecule has 1 aromatic carbocycles. The summed E-state index contributed by atoms with van der Waals surface area (Å²) in [7, 11) is -2.92. The highest BCUT2D eigenvalue weighted by Gasteiger charge is 2.25. The van der Waals surface area contributed by atoms with Crippen LogP contribution in [-0.4, -0.2) is 19.1 Å². The fraction of sp³-hybridized carbons (Fsp3) is 0.400. The van der Waals surface area contributed by atoms with Crippen LogP contribution >= 0.6 is 10.8 Å². The summed E-state index contributed by atoms with van der Waals surface area (Å²) >= 11 is 0. The third-order valence-corrected chi connectivity index (χ3v) is 5.76. The third-order valence-electron chi connectivity index (χ3n) is 1.89. The van der Waals surface area contributed by atoms with E-state index in [1.54, 1.807) is 0 Å². The molecule has 17 heavy (non-hydrogen) atoms. The molecule has 0 atom stereocenters. The van der Waals surface area contributed by atoms with E-state index in [1.807, 2.05) is 13.8 Å². The number of para-hydroxylation sites is 1. The number of hydrogen-bond acceptors (Lipinski definition) is 5. The molecule has 0 saturated heterocycles. The van der Waals surface area contributed by atoms with Gasteiger partial charge in [0.25, 0.3) is 5.69 Å².